The molecule has 0 radical (unpaired) electrons. The van der Waals surface area contributed by atoms with Gasteiger partial charge in [-0.15, -0.1) is 12.6 Å². The van der Waals surface area contributed by atoms with E-state index in [9.17, 15) is 17.2 Å². The largest absolute Gasteiger partial charge is 0.243 e. The summed E-state index contributed by atoms with van der Waals surface area (Å²) in [6.45, 7) is 0. The lowest BCUT2D eigenvalue weighted by molar-refractivity contribution is 0.520. The Kier molecular flexibility index (Phi) is 5.07. The lowest BCUT2D eigenvalue weighted by Crippen LogP contribution is -2.16. The molecule has 134 valence electrons. The van der Waals surface area contributed by atoms with E-state index in [2.05, 4.69) is 12.6 Å². The summed E-state index contributed by atoms with van der Waals surface area (Å²) in [7, 11) is -4.49. The molecule has 3 nitrogen and oxygen atoms in total. The topological polar surface area (TPSA) is 60.2 Å². The molecule has 26 heavy (non-hydrogen) atoms. The van der Waals surface area contributed by atoms with Gasteiger partial charge in [-0.3, -0.25) is 0 Å². The van der Waals surface area contributed by atoms with Crippen LogP contribution < -0.4 is 5.14 Å². The SMILES string of the molecule is NS(=O)(=O)c1c(F)cc(-c2ccc(-c3ccc(Cl)cc3)c(S)c2)cc1F. The van der Waals surface area contributed by atoms with E-state index in [-0.39, 0.29) is 5.56 Å². The van der Waals surface area contributed by atoms with Crippen molar-refractivity contribution in [1.29, 1.82) is 0 Å². The van der Waals surface area contributed by atoms with E-state index in [4.69, 9.17) is 16.7 Å². The number of nitrogens with two attached hydrogens (primary N) is 1. The zero-order valence-corrected chi connectivity index (χ0v) is 15.5. The molecule has 0 spiro atoms. The van der Waals surface area contributed by atoms with Gasteiger partial charge in [-0.25, -0.2) is 22.3 Å². The predicted molar refractivity (Wildman–Crippen MR) is 101 cm³/mol. The van der Waals surface area contributed by atoms with E-state index in [1.807, 2.05) is 12.1 Å². The van der Waals surface area contributed by atoms with Crippen molar-refractivity contribution in [3.05, 3.63) is 71.3 Å². The van der Waals surface area contributed by atoms with Crippen molar-refractivity contribution < 1.29 is 17.2 Å². The summed E-state index contributed by atoms with van der Waals surface area (Å²) < 4.78 is 50.6. The van der Waals surface area contributed by atoms with Crippen LogP contribution in [0.1, 0.15) is 0 Å². The summed E-state index contributed by atoms with van der Waals surface area (Å²) in [6.07, 6.45) is 0. The maximum absolute atomic E-state index is 14.0. The molecule has 0 atom stereocenters. The summed E-state index contributed by atoms with van der Waals surface area (Å²) in [6, 6.07) is 14.1. The summed E-state index contributed by atoms with van der Waals surface area (Å²) in [4.78, 5) is -0.564. The van der Waals surface area contributed by atoms with E-state index in [0.717, 1.165) is 23.3 Å². The molecule has 0 unspecified atom stereocenters. The fraction of sp³-hybridized carbons (Fsp3) is 0. The van der Waals surface area contributed by atoms with Gasteiger partial charge < -0.3 is 0 Å². The van der Waals surface area contributed by atoms with Crippen LogP contribution in [0, 0.1) is 11.6 Å². The van der Waals surface area contributed by atoms with Gasteiger partial charge in [-0.2, -0.15) is 0 Å². The lowest BCUT2D eigenvalue weighted by atomic mass is 10.00. The Labute approximate surface area is 159 Å². The van der Waals surface area contributed by atoms with Crippen molar-refractivity contribution in [2.24, 2.45) is 5.14 Å². The number of benzene rings is 3. The Morgan fingerprint density at radius 2 is 1.38 bits per heavy atom. The van der Waals surface area contributed by atoms with Gasteiger partial charge in [-0.1, -0.05) is 35.9 Å². The first-order valence-electron chi connectivity index (χ1n) is 7.28. The first-order valence-corrected chi connectivity index (χ1v) is 9.65. The van der Waals surface area contributed by atoms with E-state index in [1.165, 1.54) is 0 Å². The number of rotatable bonds is 3. The van der Waals surface area contributed by atoms with Crippen LogP contribution in [0.5, 0.6) is 0 Å². The first-order chi connectivity index (χ1) is 12.2. The summed E-state index contributed by atoms with van der Waals surface area (Å²) in [5.41, 5.74) is 2.35. The van der Waals surface area contributed by atoms with Gasteiger partial charge in [0.1, 0.15) is 11.6 Å². The summed E-state index contributed by atoms with van der Waals surface area (Å²) >= 11 is 10.3. The maximum atomic E-state index is 14.0. The quantitative estimate of drug-likeness (QED) is 0.603. The van der Waals surface area contributed by atoms with E-state index < -0.39 is 26.6 Å². The fourth-order valence-corrected chi connectivity index (χ4v) is 3.71. The van der Waals surface area contributed by atoms with E-state index in [0.29, 0.717) is 15.5 Å². The molecule has 0 heterocycles. The van der Waals surface area contributed by atoms with Gasteiger partial charge in [0.05, 0.1) is 0 Å². The van der Waals surface area contributed by atoms with Crippen molar-refractivity contribution in [2.45, 2.75) is 9.79 Å². The van der Waals surface area contributed by atoms with Crippen molar-refractivity contribution in [1.82, 2.24) is 0 Å². The van der Waals surface area contributed by atoms with E-state index in [1.54, 1.807) is 30.3 Å². The molecule has 0 fully saturated rings. The fourth-order valence-electron chi connectivity index (χ4n) is 2.58. The second kappa shape index (κ2) is 7.00. The average molecular weight is 412 g/mol. The number of thiol groups is 1. The van der Waals surface area contributed by atoms with Crippen LogP contribution in [0.2, 0.25) is 5.02 Å². The Balaban J connectivity index is 2.06. The second-order valence-corrected chi connectivity index (χ2v) is 7.97. The molecule has 0 bridgehead atoms. The Hall–Kier alpha value is -1.93. The summed E-state index contributed by atoms with van der Waals surface area (Å²) in [5.74, 6) is -2.49. The standard InChI is InChI=1S/C18H12ClF2NO2S2/c19-13-4-1-10(2-5-13)14-6-3-11(9-17(14)25)12-7-15(20)18(16(21)8-12)26(22,23)24/h1-9,25H,(H2,22,23,24). The highest BCUT2D eigenvalue weighted by atomic mass is 35.5. The van der Waals surface area contributed by atoms with E-state index >= 15 is 0 Å². The van der Waals surface area contributed by atoms with Crippen LogP contribution in [0.25, 0.3) is 22.3 Å². The molecule has 2 N–H and O–H groups in total. The van der Waals surface area contributed by atoms with Crippen molar-refractivity contribution in [3.8, 4) is 22.3 Å². The minimum atomic E-state index is -4.49. The molecule has 0 amide bonds. The molecule has 8 heteroatoms. The third kappa shape index (κ3) is 3.76. The zero-order chi connectivity index (χ0) is 19.1. The smallest absolute Gasteiger partial charge is 0.224 e. The third-order valence-corrected chi connectivity index (χ3v) is 5.35. The lowest BCUT2D eigenvalue weighted by Gasteiger charge is -2.10. The summed E-state index contributed by atoms with van der Waals surface area (Å²) in [5, 5.41) is 5.44. The molecular weight excluding hydrogens is 400 g/mol. The molecule has 0 aliphatic carbocycles. The number of hydrogen-bond donors (Lipinski definition) is 2. The van der Waals surface area contributed by atoms with Gasteiger partial charge >= 0.3 is 0 Å². The van der Waals surface area contributed by atoms with Gasteiger partial charge in [0.15, 0.2) is 4.90 Å². The second-order valence-electron chi connectivity index (χ2n) is 5.55. The predicted octanol–water partition coefficient (Wildman–Crippen LogP) is 4.89. The number of sulfonamides is 1. The highest BCUT2D eigenvalue weighted by Gasteiger charge is 2.21. The van der Waals surface area contributed by atoms with Crippen LogP contribution >= 0.6 is 24.2 Å². The third-order valence-electron chi connectivity index (χ3n) is 3.77. The van der Waals surface area contributed by atoms with Gasteiger partial charge in [-0.05, 0) is 52.6 Å². The average Bonchev–Trinajstić information content (AvgIpc) is 2.53. The maximum Gasteiger partial charge on any atom is 0.243 e. The number of halogens is 3. The molecule has 0 saturated carbocycles. The minimum absolute atomic E-state index is 0.172. The zero-order valence-electron chi connectivity index (χ0n) is 13.1. The highest BCUT2D eigenvalue weighted by molar-refractivity contribution is 7.89. The molecule has 3 aromatic carbocycles. The Bertz CT molecular complexity index is 1080. The minimum Gasteiger partial charge on any atom is -0.224 e. The molecular formula is C18H12ClF2NO2S2. The van der Waals surface area contributed by atoms with Gasteiger partial charge in [0.25, 0.3) is 0 Å². The van der Waals surface area contributed by atoms with Gasteiger partial charge in [0, 0.05) is 9.92 Å². The monoisotopic (exact) mass is 411 g/mol. The highest BCUT2D eigenvalue weighted by Crippen LogP contribution is 2.33. The van der Waals surface area contributed by atoms with Gasteiger partial charge in [0.2, 0.25) is 10.0 Å². The Morgan fingerprint density at radius 1 is 0.846 bits per heavy atom. The Morgan fingerprint density at radius 3 is 1.88 bits per heavy atom. The van der Waals surface area contributed by atoms with Crippen molar-refractivity contribution in [2.75, 3.05) is 0 Å². The van der Waals surface area contributed by atoms with Crippen LogP contribution in [-0.2, 0) is 10.0 Å². The molecule has 0 aliphatic rings. The van der Waals surface area contributed by atoms with Crippen LogP contribution in [0.15, 0.2) is 64.4 Å². The molecule has 0 aliphatic heterocycles. The first kappa shape index (κ1) is 18.8. The van der Waals surface area contributed by atoms with Crippen LogP contribution in [0.4, 0.5) is 8.78 Å². The van der Waals surface area contributed by atoms with Crippen molar-refractivity contribution in [3.63, 3.8) is 0 Å². The molecule has 0 aromatic heterocycles. The van der Waals surface area contributed by atoms with Crippen LogP contribution in [0.3, 0.4) is 0 Å². The van der Waals surface area contributed by atoms with Crippen molar-refractivity contribution >= 4 is 34.3 Å². The number of hydrogen-bond acceptors (Lipinski definition) is 3. The molecule has 3 aromatic rings. The molecule has 3 rings (SSSR count). The molecule has 0 saturated heterocycles. The normalized spacial score (nSPS) is 11.6. The van der Waals surface area contributed by atoms with Crippen LogP contribution in [-0.4, -0.2) is 8.42 Å². The number of primary sulfonamides is 1.